The van der Waals surface area contributed by atoms with Crippen molar-refractivity contribution in [2.24, 2.45) is 32.7 Å². The summed E-state index contributed by atoms with van der Waals surface area (Å²) in [7, 11) is 3.85. The first-order chi connectivity index (χ1) is 26.7. The Labute approximate surface area is 330 Å². The van der Waals surface area contributed by atoms with Gasteiger partial charge in [0, 0.05) is 56.6 Å². The fraction of sp³-hybridized carbons (Fsp3) is 0.605. The predicted octanol–water partition coefficient (Wildman–Crippen LogP) is 3.74. The van der Waals surface area contributed by atoms with Crippen LogP contribution in [0.2, 0.25) is 0 Å². The third kappa shape index (κ3) is 8.20. The van der Waals surface area contributed by atoms with E-state index in [4.69, 9.17) is 20.8 Å². The molecule has 6 rings (SSSR count). The molecule has 2 saturated carbocycles. The number of carbonyl (C=O) groups is 3. The van der Waals surface area contributed by atoms with E-state index in [2.05, 4.69) is 27.1 Å². The van der Waals surface area contributed by atoms with Gasteiger partial charge < -0.3 is 34.6 Å². The Kier molecular flexibility index (Phi) is 12.8. The molecule has 3 fully saturated rings. The van der Waals surface area contributed by atoms with Crippen molar-refractivity contribution in [3.05, 3.63) is 59.4 Å². The molecule has 13 nitrogen and oxygen atoms in total. The molecule has 0 spiro atoms. The van der Waals surface area contributed by atoms with Gasteiger partial charge >= 0.3 is 11.9 Å². The molecular formula is C43H59N5O8. The van der Waals surface area contributed by atoms with E-state index in [1.165, 1.54) is 0 Å². The normalized spacial score (nSPS) is 31.2. The summed E-state index contributed by atoms with van der Waals surface area (Å²) < 4.78 is 17.2. The first-order valence-electron chi connectivity index (χ1n) is 20.0. The summed E-state index contributed by atoms with van der Waals surface area (Å²) in [6, 6.07) is 5.91. The van der Waals surface area contributed by atoms with Crippen LogP contribution in [0.15, 0.2) is 63.8 Å². The molecule has 8 atom stereocenters. The molecular weight excluding hydrogens is 714 g/mol. The highest BCUT2D eigenvalue weighted by atomic mass is 16.6. The average molecular weight is 774 g/mol. The van der Waals surface area contributed by atoms with Crippen molar-refractivity contribution in [1.29, 1.82) is 0 Å². The number of benzene rings is 1. The lowest BCUT2D eigenvalue weighted by atomic mass is 9.45. The number of anilines is 1. The number of aliphatic imine (C=N–C) groups is 2. The minimum Gasteiger partial charge on any atom is -0.462 e. The van der Waals surface area contributed by atoms with Crippen molar-refractivity contribution in [1.82, 2.24) is 10.2 Å². The van der Waals surface area contributed by atoms with Crippen molar-refractivity contribution in [3.8, 4) is 0 Å². The molecule has 3 N–H and O–H groups in total. The van der Waals surface area contributed by atoms with Gasteiger partial charge in [-0.2, -0.15) is 0 Å². The minimum atomic E-state index is -0.761. The van der Waals surface area contributed by atoms with Crippen LogP contribution in [0.3, 0.4) is 0 Å². The summed E-state index contributed by atoms with van der Waals surface area (Å²) in [5, 5.41) is 25.8. The van der Waals surface area contributed by atoms with Crippen molar-refractivity contribution < 1.29 is 38.8 Å². The van der Waals surface area contributed by atoms with Crippen LogP contribution in [0.5, 0.6) is 0 Å². The number of cyclic esters (lactones) is 1. The molecule has 0 aromatic heterocycles. The maximum atomic E-state index is 14.1. The van der Waals surface area contributed by atoms with Gasteiger partial charge in [-0.05, 0) is 80.6 Å². The van der Waals surface area contributed by atoms with Crippen molar-refractivity contribution in [2.45, 2.75) is 84.0 Å². The largest absolute Gasteiger partial charge is 0.462 e. The molecule has 0 amide bonds. The summed E-state index contributed by atoms with van der Waals surface area (Å²) >= 11 is 0. The van der Waals surface area contributed by atoms with Crippen LogP contribution in [0, 0.1) is 22.7 Å². The third-order valence-corrected chi connectivity index (χ3v) is 13.1. The average Bonchev–Trinajstić information content (AvgIpc) is 3.84. The minimum absolute atomic E-state index is 0.0448. The van der Waals surface area contributed by atoms with E-state index in [1.807, 2.05) is 38.1 Å². The summed E-state index contributed by atoms with van der Waals surface area (Å²) in [5.41, 5.74) is 1.73. The fourth-order valence-corrected chi connectivity index (χ4v) is 9.74. The highest BCUT2D eigenvalue weighted by Crippen LogP contribution is 2.62. The van der Waals surface area contributed by atoms with Crippen LogP contribution in [0.25, 0.3) is 5.57 Å². The number of hydrogen-bond acceptors (Lipinski definition) is 13. The molecule has 2 aliphatic carbocycles. The van der Waals surface area contributed by atoms with Gasteiger partial charge in [0.25, 0.3) is 0 Å². The van der Waals surface area contributed by atoms with E-state index in [0.29, 0.717) is 50.4 Å². The molecule has 5 unspecified atom stereocenters. The molecule has 56 heavy (non-hydrogen) atoms. The smallest absolute Gasteiger partial charge is 0.342 e. The number of nitrogens with zero attached hydrogens (tertiary/aromatic N) is 4. The number of amidine groups is 1. The van der Waals surface area contributed by atoms with Gasteiger partial charge in [0.15, 0.2) is 5.78 Å². The molecule has 304 valence electrons. The first-order valence-corrected chi connectivity index (χ1v) is 20.0. The molecule has 1 saturated heterocycles. The highest BCUT2D eigenvalue weighted by molar-refractivity contribution is 6.19. The fourth-order valence-electron chi connectivity index (χ4n) is 9.74. The van der Waals surface area contributed by atoms with Crippen LogP contribution in [0.4, 0.5) is 5.69 Å². The van der Waals surface area contributed by atoms with Gasteiger partial charge in [-0.1, -0.05) is 38.1 Å². The van der Waals surface area contributed by atoms with Crippen LogP contribution < -0.4 is 10.2 Å². The van der Waals surface area contributed by atoms with Gasteiger partial charge in [-0.25, -0.2) is 14.6 Å². The zero-order valence-electron chi connectivity index (χ0n) is 33.8. The van der Waals surface area contributed by atoms with Crippen molar-refractivity contribution >= 4 is 41.0 Å². The number of morpholine rings is 1. The Bertz CT molecular complexity index is 1800. The van der Waals surface area contributed by atoms with Gasteiger partial charge in [0.05, 0.1) is 57.1 Å². The van der Waals surface area contributed by atoms with Crippen molar-refractivity contribution in [3.63, 3.8) is 0 Å². The number of Topliss-reactive ketones (excluding diaryl/α,β-unsaturated/α-hetero) is 1. The zero-order chi connectivity index (χ0) is 40.4. The molecule has 1 aromatic carbocycles. The van der Waals surface area contributed by atoms with Crippen molar-refractivity contribution in [2.75, 3.05) is 65.1 Å². The lowest BCUT2D eigenvalue weighted by molar-refractivity contribution is -0.163. The number of ketones is 1. The van der Waals surface area contributed by atoms with Gasteiger partial charge in [0.2, 0.25) is 0 Å². The number of aliphatic hydroxyl groups is 2. The van der Waals surface area contributed by atoms with E-state index in [1.54, 1.807) is 38.3 Å². The molecule has 13 heteroatoms. The second-order valence-electron chi connectivity index (χ2n) is 16.6. The monoisotopic (exact) mass is 773 g/mol. The van der Waals surface area contributed by atoms with Gasteiger partial charge in [-0.3, -0.25) is 14.7 Å². The second kappa shape index (κ2) is 17.2. The Balaban J connectivity index is 1.44. The lowest BCUT2D eigenvalue weighted by Crippen LogP contribution is -2.62. The summed E-state index contributed by atoms with van der Waals surface area (Å²) in [6.45, 7) is 15.6. The highest BCUT2D eigenvalue weighted by Gasteiger charge is 2.60. The van der Waals surface area contributed by atoms with Crippen LogP contribution >= 0.6 is 0 Å². The Morgan fingerprint density at radius 3 is 2.52 bits per heavy atom. The third-order valence-electron chi connectivity index (χ3n) is 13.1. The maximum Gasteiger partial charge on any atom is 0.342 e. The topological polar surface area (TPSA) is 163 Å². The summed E-state index contributed by atoms with van der Waals surface area (Å²) in [6.07, 6.45) is 4.96. The van der Waals surface area contributed by atoms with E-state index in [0.717, 1.165) is 30.8 Å². The summed E-state index contributed by atoms with van der Waals surface area (Å²) in [4.78, 5) is 54.3. The van der Waals surface area contributed by atoms with Crippen LogP contribution in [0.1, 0.15) is 65.4 Å². The van der Waals surface area contributed by atoms with E-state index >= 15 is 0 Å². The predicted molar refractivity (Wildman–Crippen MR) is 215 cm³/mol. The molecule has 0 bridgehead atoms. The second-order valence-corrected chi connectivity index (χ2v) is 16.6. The Morgan fingerprint density at radius 2 is 1.89 bits per heavy atom. The number of esters is 2. The van der Waals surface area contributed by atoms with Gasteiger partial charge in [-0.15, -0.1) is 0 Å². The van der Waals surface area contributed by atoms with Crippen LogP contribution in [-0.4, -0.2) is 129 Å². The van der Waals surface area contributed by atoms with E-state index in [-0.39, 0.29) is 60.2 Å². The number of nitrogens with one attached hydrogen (secondary N) is 1. The number of carbonyl (C=O) groups excluding carboxylic acids is 3. The molecule has 5 aliphatic rings. The molecule has 0 radical (unpaired) electrons. The number of aliphatic hydroxyl groups excluding tert-OH is 2. The number of ether oxygens (including phenoxy) is 3. The number of fused-ring (bicyclic) bond motifs is 1. The lowest BCUT2D eigenvalue weighted by Gasteiger charge is -2.62. The molecule has 1 aromatic rings. The Morgan fingerprint density at radius 1 is 1.18 bits per heavy atom. The van der Waals surface area contributed by atoms with Crippen LogP contribution in [-0.2, 0) is 28.6 Å². The van der Waals surface area contributed by atoms with E-state index < -0.39 is 41.0 Å². The quantitative estimate of drug-likeness (QED) is 0.144. The maximum absolute atomic E-state index is 14.1. The molecule has 3 aliphatic heterocycles. The summed E-state index contributed by atoms with van der Waals surface area (Å²) in [5.74, 6) is -1.10. The van der Waals surface area contributed by atoms with E-state index in [9.17, 15) is 24.6 Å². The molecule has 3 heterocycles. The number of hydrogen-bond donors (Lipinski definition) is 3. The number of allylic oxidation sites excluding steroid dienone is 1. The number of rotatable bonds is 14. The Hall–Kier alpha value is -4.01. The standard InChI is InChI=1S/C43H59N5O8/c1-8-55-41(53)39(28-9-11-29(12-10-28)47(6)7)35-21-30(40(52)56-35)32(46-27(3)34(50)24-38-44-15-16-45-38)22-31-26(2)33(48-17-19-54-20-18-48)23-36-42(31,4)14-13-37(51)43(36,5)25-49/h9-12,15,21,27,31-33,36-37,46,49,51H,2,8,13-14,16-20,22-25H2,1,3-7H3/b39-35-/t27?,31?,32?,33?,36?,37-,42-,43+/m1/s1. The van der Waals surface area contributed by atoms with Gasteiger partial charge in [0.1, 0.15) is 17.2 Å². The zero-order valence-corrected chi connectivity index (χ0v) is 33.8. The SMILES string of the molecule is C=C1C(N2CCOCC2)CC2[C@](C)(CC[C@@H](O)[C@@]2(C)CO)C1CC(NC(C)C(=O)CC1=NCC=N1)C1=C/C(=C(/C(=O)OCC)c2ccc(N(C)C)cc2)OC1=O. The first kappa shape index (κ1) is 41.6.